The minimum Gasteiger partial charge on any atom is -0.369 e. The standard InChI is InChI=1S/C9H16N4O/c1-2-13-6-7(5-12-13)3-8(4-10)9(11)14/h5-6,8H,2-4,10H2,1H3,(H2,11,14). The third kappa shape index (κ3) is 2.56. The second kappa shape index (κ2) is 4.76. The maximum absolute atomic E-state index is 10.9. The van der Waals surface area contributed by atoms with Gasteiger partial charge in [0.15, 0.2) is 0 Å². The lowest BCUT2D eigenvalue weighted by Gasteiger charge is -2.07. The molecule has 0 aliphatic rings. The van der Waals surface area contributed by atoms with E-state index in [9.17, 15) is 4.79 Å². The van der Waals surface area contributed by atoms with Crippen LogP contribution < -0.4 is 11.5 Å². The molecule has 5 heteroatoms. The van der Waals surface area contributed by atoms with E-state index in [2.05, 4.69) is 5.10 Å². The molecule has 5 nitrogen and oxygen atoms in total. The molecule has 1 aromatic rings. The second-order valence-electron chi connectivity index (χ2n) is 3.24. The Morgan fingerprint density at radius 2 is 2.43 bits per heavy atom. The molecule has 0 aliphatic carbocycles. The summed E-state index contributed by atoms with van der Waals surface area (Å²) in [6.07, 6.45) is 4.23. The molecule has 14 heavy (non-hydrogen) atoms. The fraction of sp³-hybridized carbons (Fsp3) is 0.556. The second-order valence-corrected chi connectivity index (χ2v) is 3.24. The van der Waals surface area contributed by atoms with Crippen molar-refractivity contribution in [3.05, 3.63) is 18.0 Å². The number of nitrogens with two attached hydrogens (primary N) is 2. The number of primary amides is 1. The van der Waals surface area contributed by atoms with E-state index < -0.39 is 0 Å². The molecule has 1 rings (SSSR count). The molecule has 4 N–H and O–H groups in total. The molecule has 0 bridgehead atoms. The maximum atomic E-state index is 10.9. The van der Waals surface area contributed by atoms with E-state index in [1.807, 2.05) is 17.8 Å². The van der Waals surface area contributed by atoms with Crippen LogP contribution in [-0.2, 0) is 17.8 Å². The van der Waals surface area contributed by atoms with Gasteiger partial charge in [-0.2, -0.15) is 5.10 Å². The molecule has 0 aromatic carbocycles. The SMILES string of the molecule is CCn1cc(CC(CN)C(N)=O)cn1. The molecule has 1 heterocycles. The zero-order chi connectivity index (χ0) is 10.6. The molecule has 0 spiro atoms. The largest absolute Gasteiger partial charge is 0.369 e. The first-order valence-electron chi connectivity index (χ1n) is 4.68. The number of nitrogens with zero attached hydrogens (tertiary/aromatic N) is 2. The van der Waals surface area contributed by atoms with E-state index in [0.717, 1.165) is 12.1 Å². The number of carbonyl (C=O) groups is 1. The highest BCUT2D eigenvalue weighted by atomic mass is 16.1. The number of hydrogen-bond donors (Lipinski definition) is 2. The van der Waals surface area contributed by atoms with Crippen LogP contribution in [0.25, 0.3) is 0 Å². The maximum Gasteiger partial charge on any atom is 0.222 e. The van der Waals surface area contributed by atoms with Gasteiger partial charge >= 0.3 is 0 Å². The summed E-state index contributed by atoms with van der Waals surface area (Å²) in [7, 11) is 0. The van der Waals surface area contributed by atoms with Gasteiger partial charge in [-0.3, -0.25) is 9.48 Å². The van der Waals surface area contributed by atoms with Gasteiger partial charge in [0.05, 0.1) is 12.1 Å². The number of aromatic nitrogens is 2. The number of carbonyl (C=O) groups excluding carboxylic acids is 1. The number of rotatable bonds is 5. The lowest BCUT2D eigenvalue weighted by Crippen LogP contribution is -2.31. The van der Waals surface area contributed by atoms with Crippen LogP contribution >= 0.6 is 0 Å². The Labute approximate surface area is 83.1 Å². The van der Waals surface area contributed by atoms with E-state index in [1.165, 1.54) is 0 Å². The molecule has 78 valence electrons. The lowest BCUT2D eigenvalue weighted by atomic mass is 10.0. The summed E-state index contributed by atoms with van der Waals surface area (Å²) < 4.78 is 1.81. The van der Waals surface area contributed by atoms with Gasteiger partial charge in [-0.05, 0) is 18.9 Å². The predicted molar refractivity (Wildman–Crippen MR) is 53.3 cm³/mol. The first-order valence-corrected chi connectivity index (χ1v) is 4.68. The minimum absolute atomic E-state index is 0.284. The van der Waals surface area contributed by atoms with Crippen molar-refractivity contribution in [2.75, 3.05) is 6.54 Å². The molecule has 0 fully saturated rings. The van der Waals surface area contributed by atoms with Crippen LogP contribution in [0.3, 0.4) is 0 Å². The van der Waals surface area contributed by atoms with Crippen molar-refractivity contribution >= 4 is 5.91 Å². The van der Waals surface area contributed by atoms with Gasteiger partial charge in [0.25, 0.3) is 0 Å². The zero-order valence-corrected chi connectivity index (χ0v) is 8.31. The normalized spacial score (nSPS) is 12.7. The van der Waals surface area contributed by atoms with Crippen LogP contribution in [-0.4, -0.2) is 22.2 Å². The van der Waals surface area contributed by atoms with Crippen molar-refractivity contribution in [1.29, 1.82) is 0 Å². The third-order valence-electron chi connectivity index (χ3n) is 2.18. The van der Waals surface area contributed by atoms with Crippen LogP contribution in [0.1, 0.15) is 12.5 Å². The zero-order valence-electron chi connectivity index (χ0n) is 8.31. The summed E-state index contributed by atoms with van der Waals surface area (Å²) in [6, 6.07) is 0. The van der Waals surface area contributed by atoms with Crippen LogP contribution in [0.5, 0.6) is 0 Å². The summed E-state index contributed by atoms with van der Waals surface area (Å²) in [5.74, 6) is -0.638. The molecule has 1 aromatic heterocycles. The summed E-state index contributed by atoms with van der Waals surface area (Å²) in [5, 5.41) is 4.11. The lowest BCUT2D eigenvalue weighted by molar-refractivity contribution is -0.121. The van der Waals surface area contributed by atoms with E-state index in [4.69, 9.17) is 11.5 Å². The molecule has 0 saturated heterocycles. The Hall–Kier alpha value is -1.36. The fourth-order valence-electron chi connectivity index (χ4n) is 1.27. The topological polar surface area (TPSA) is 86.9 Å². The fourth-order valence-corrected chi connectivity index (χ4v) is 1.27. The van der Waals surface area contributed by atoms with Gasteiger partial charge in [-0.1, -0.05) is 0 Å². The molecule has 1 atom stereocenters. The van der Waals surface area contributed by atoms with Crippen molar-refractivity contribution < 1.29 is 4.79 Å². The molecule has 0 aliphatic heterocycles. The molecule has 0 saturated carbocycles. The molecular weight excluding hydrogens is 180 g/mol. The van der Waals surface area contributed by atoms with Crippen molar-refractivity contribution in [3.8, 4) is 0 Å². The summed E-state index contributed by atoms with van der Waals surface area (Å²) >= 11 is 0. The summed E-state index contributed by atoms with van der Waals surface area (Å²) in [6.45, 7) is 3.11. The highest BCUT2D eigenvalue weighted by Gasteiger charge is 2.14. The molecule has 0 radical (unpaired) electrons. The highest BCUT2D eigenvalue weighted by molar-refractivity contribution is 5.77. The van der Waals surface area contributed by atoms with Crippen LogP contribution in [0.2, 0.25) is 0 Å². The first-order chi connectivity index (χ1) is 6.67. The van der Waals surface area contributed by atoms with E-state index in [0.29, 0.717) is 6.42 Å². The van der Waals surface area contributed by atoms with Crippen LogP contribution in [0, 0.1) is 5.92 Å². The van der Waals surface area contributed by atoms with Crippen molar-refractivity contribution in [2.24, 2.45) is 17.4 Å². The van der Waals surface area contributed by atoms with Crippen molar-refractivity contribution in [1.82, 2.24) is 9.78 Å². The Kier molecular flexibility index (Phi) is 3.64. The smallest absolute Gasteiger partial charge is 0.222 e. The van der Waals surface area contributed by atoms with Gasteiger partial charge < -0.3 is 11.5 Å². The summed E-state index contributed by atoms with van der Waals surface area (Å²) in [5.41, 5.74) is 11.6. The highest BCUT2D eigenvalue weighted by Crippen LogP contribution is 2.06. The number of hydrogen-bond acceptors (Lipinski definition) is 3. The quantitative estimate of drug-likeness (QED) is 0.666. The predicted octanol–water partition coefficient (Wildman–Crippen LogP) is -0.494. The van der Waals surface area contributed by atoms with Gasteiger partial charge in [0, 0.05) is 19.3 Å². The van der Waals surface area contributed by atoms with Crippen LogP contribution in [0.4, 0.5) is 0 Å². The first kappa shape index (κ1) is 10.7. The Morgan fingerprint density at radius 1 is 1.71 bits per heavy atom. The average molecular weight is 196 g/mol. The Balaban J connectivity index is 2.62. The van der Waals surface area contributed by atoms with Gasteiger partial charge in [-0.25, -0.2) is 0 Å². The minimum atomic E-state index is -0.350. The summed E-state index contributed by atoms with van der Waals surface area (Å²) in [4.78, 5) is 10.9. The number of aryl methyl sites for hydroxylation is 1. The van der Waals surface area contributed by atoms with E-state index in [1.54, 1.807) is 6.20 Å². The number of amides is 1. The van der Waals surface area contributed by atoms with Crippen molar-refractivity contribution in [3.63, 3.8) is 0 Å². The van der Waals surface area contributed by atoms with Gasteiger partial charge in [0.1, 0.15) is 0 Å². The molecular formula is C9H16N4O. The molecule has 1 amide bonds. The average Bonchev–Trinajstić information content (AvgIpc) is 2.61. The Morgan fingerprint density at radius 3 is 2.86 bits per heavy atom. The van der Waals surface area contributed by atoms with E-state index >= 15 is 0 Å². The van der Waals surface area contributed by atoms with Crippen LogP contribution in [0.15, 0.2) is 12.4 Å². The van der Waals surface area contributed by atoms with Crippen molar-refractivity contribution in [2.45, 2.75) is 19.9 Å². The van der Waals surface area contributed by atoms with Gasteiger partial charge in [-0.15, -0.1) is 0 Å². The van der Waals surface area contributed by atoms with Gasteiger partial charge in [0.2, 0.25) is 5.91 Å². The third-order valence-corrected chi connectivity index (χ3v) is 2.18. The monoisotopic (exact) mass is 196 g/mol. The Bertz CT molecular complexity index is 308. The van der Waals surface area contributed by atoms with E-state index in [-0.39, 0.29) is 18.4 Å². The molecule has 1 unspecified atom stereocenters.